The van der Waals surface area contributed by atoms with Crippen molar-refractivity contribution in [1.29, 1.82) is 0 Å². The van der Waals surface area contributed by atoms with Crippen LogP contribution in [0.5, 0.6) is 0 Å². The highest BCUT2D eigenvalue weighted by atomic mass is 15.1. The maximum atomic E-state index is 6.40. The van der Waals surface area contributed by atoms with Crippen LogP contribution >= 0.6 is 0 Å². The van der Waals surface area contributed by atoms with Crippen LogP contribution in [0.15, 0.2) is 42.5 Å². The maximum absolute atomic E-state index is 6.40. The average molecular weight is 282 g/mol. The summed E-state index contributed by atoms with van der Waals surface area (Å²) in [6.45, 7) is 8.22. The minimum atomic E-state index is 0.0552. The lowest BCUT2D eigenvalue weighted by Crippen LogP contribution is -2.29. The van der Waals surface area contributed by atoms with Gasteiger partial charge in [-0.1, -0.05) is 48.0 Å². The fraction of sp³-hybridized carbons (Fsp3) is 0.368. The topological polar surface area (TPSA) is 29.3 Å². The molecule has 0 saturated heterocycles. The van der Waals surface area contributed by atoms with Crippen LogP contribution in [0.2, 0.25) is 0 Å². The van der Waals surface area contributed by atoms with E-state index in [1.54, 1.807) is 0 Å². The Kier molecular flexibility index (Phi) is 5.16. The highest BCUT2D eigenvalue weighted by Gasteiger charge is 2.12. The number of hydrogen-bond acceptors (Lipinski definition) is 2. The summed E-state index contributed by atoms with van der Waals surface area (Å²) in [5.41, 5.74) is 12.9. The third kappa shape index (κ3) is 4.16. The third-order valence-corrected chi connectivity index (χ3v) is 4.03. The van der Waals surface area contributed by atoms with E-state index in [9.17, 15) is 0 Å². The number of hydrogen-bond donors (Lipinski definition) is 1. The molecule has 0 aliphatic carbocycles. The zero-order valence-corrected chi connectivity index (χ0v) is 13.6. The van der Waals surface area contributed by atoms with Crippen LogP contribution < -0.4 is 5.73 Å². The Morgan fingerprint density at radius 3 is 2.38 bits per heavy atom. The smallest absolute Gasteiger partial charge is 0.0426 e. The van der Waals surface area contributed by atoms with Crippen LogP contribution in [-0.2, 0) is 6.54 Å². The third-order valence-electron chi connectivity index (χ3n) is 4.03. The van der Waals surface area contributed by atoms with Gasteiger partial charge in [-0.3, -0.25) is 0 Å². The van der Waals surface area contributed by atoms with E-state index in [4.69, 9.17) is 5.73 Å². The fourth-order valence-electron chi connectivity index (χ4n) is 2.82. The maximum Gasteiger partial charge on any atom is 0.0426 e. The van der Waals surface area contributed by atoms with Crippen LogP contribution in [0.4, 0.5) is 0 Å². The SMILES string of the molecule is Cc1ccc(C(N)CN(C)Cc2ccccc2C)c(C)c1. The van der Waals surface area contributed by atoms with Gasteiger partial charge in [0.05, 0.1) is 0 Å². The highest BCUT2D eigenvalue weighted by molar-refractivity contribution is 5.33. The first kappa shape index (κ1) is 15.7. The van der Waals surface area contributed by atoms with Crippen LogP contribution in [-0.4, -0.2) is 18.5 Å². The van der Waals surface area contributed by atoms with E-state index in [1.807, 2.05) is 0 Å². The van der Waals surface area contributed by atoms with E-state index >= 15 is 0 Å². The Morgan fingerprint density at radius 2 is 1.71 bits per heavy atom. The number of likely N-dealkylation sites (N-methyl/N-ethyl adjacent to an activating group) is 1. The van der Waals surface area contributed by atoms with Gasteiger partial charge in [0.25, 0.3) is 0 Å². The molecule has 112 valence electrons. The molecule has 2 aromatic rings. The van der Waals surface area contributed by atoms with E-state index in [1.165, 1.54) is 27.8 Å². The van der Waals surface area contributed by atoms with Gasteiger partial charge in [0.1, 0.15) is 0 Å². The van der Waals surface area contributed by atoms with Crippen molar-refractivity contribution in [3.8, 4) is 0 Å². The molecular weight excluding hydrogens is 256 g/mol. The predicted molar refractivity (Wildman–Crippen MR) is 90.4 cm³/mol. The summed E-state index contributed by atoms with van der Waals surface area (Å²) < 4.78 is 0. The quantitative estimate of drug-likeness (QED) is 0.905. The molecule has 2 aromatic carbocycles. The molecule has 2 heteroatoms. The lowest BCUT2D eigenvalue weighted by atomic mass is 9.99. The molecular formula is C19H26N2. The van der Waals surface area contributed by atoms with E-state index in [0.29, 0.717) is 0 Å². The monoisotopic (exact) mass is 282 g/mol. The van der Waals surface area contributed by atoms with Gasteiger partial charge in [-0.05, 0) is 50.1 Å². The molecule has 21 heavy (non-hydrogen) atoms. The van der Waals surface area contributed by atoms with Gasteiger partial charge in [0.15, 0.2) is 0 Å². The predicted octanol–water partition coefficient (Wildman–Crippen LogP) is 3.74. The highest BCUT2D eigenvalue weighted by Crippen LogP contribution is 2.19. The summed E-state index contributed by atoms with van der Waals surface area (Å²) in [5.74, 6) is 0. The standard InChI is InChI=1S/C19H26N2/c1-14-9-10-18(16(3)11-14)19(20)13-21(4)12-17-8-6-5-7-15(17)2/h5-11,19H,12-13,20H2,1-4H3. The molecule has 0 radical (unpaired) electrons. The van der Waals surface area contributed by atoms with Gasteiger partial charge >= 0.3 is 0 Å². The molecule has 1 atom stereocenters. The fourth-order valence-corrected chi connectivity index (χ4v) is 2.82. The van der Waals surface area contributed by atoms with Gasteiger partial charge in [0.2, 0.25) is 0 Å². The summed E-state index contributed by atoms with van der Waals surface area (Å²) in [6.07, 6.45) is 0. The zero-order chi connectivity index (χ0) is 15.4. The Balaban J connectivity index is 2.02. The molecule has 0 aliphatic rings. The van der Waals surface area contributed by atoms with Crippen molar-refractivity contribution in [3.05, 3.63) is 70.3 Å². The Bertz CT molecular complexity index is 604. The van der Waals surface area contributed by atoms with Crippen molar-refractivity contribution >= 4 is 0 Å². The van der Waals surface area contributed by atoms with Gasteiger partial charge in [-0.15, -0.1) is 0 Å². The molecule has 0 aliphatic heterocycles. The summed E-state index contributed by atoms with van der Waals surface area (Å²) in [7, 11) is 2.13. The molecule has 2 N–H and O–H groups in total. The first-order chi connectivity index (χ1) is 9.97. The first-order valence-electron chi connectivity index (χ1n) is 7.53. The number of aryl methyl sites for hydroxylation is 3. The van der Waals surface area contributed by atoms with Crippen molar-refractivity contribution < 1.29 is 0 Å². The summed E-state index contributed by atoms with van der Waals surface area (Å²) >= 11 is 0. The molecule has 0 saturated carbocycles. The van der Waals surface area contributed by atoms with Crippen LogP contribution in [0, 0.1) is 20.8 Å². The van der Waals surface area contributed by atoms with Gasteiger partial charge in [-0.25, -0.2) is 0 Å². The molecule has 2 rings (SSSR count). The van der Waals surface area contributed by atoms with Gasteiger partial charge in [-0.2, -0.15) is 0 Å². The molecule has 0 fully saturated rings. The number of nitrogens with zero attached hydrogens (tertiary/aromatic N) is 1. The van der Waals surface area contributed by atoms with E-state index in [-0.39, 0.29) is 6.04 Å². The van der Waals surface area contributed by atoms with Crippen molar-refractivity contribution in [3.63, 3.8) is 0 Å². The minimum Gasteiger partial charge on any atom is -0.323 e. The van der Waals surface area contributed by atoms with Gasteiger partial charge < -0.3 is 10.6 Å². The van der Waals surface area contributed by atoms with Crippen molar-refractivity contribution in [1.82, 2.24) is 4.90 Å². The summed E-state index contributed by atoms with van der Waals surface area (Å²) in [5, 5.41) is 0. The van der Waals surface area contributed by atoms with Crippen LogP contribution in [0.25, 0.3) is 0 Å². The summed E-state index contributed by atoms with van der Waals surface area (Å²) in [4.78, 5) is 2.30. The molecule has 1 unspecified atom stereocenters. The molecule has 2 nitrogen and oxygen atoms in total. The lowest BCUT2D eigenvalue weighted by molar-refractivity contribution is 0.304. The van der Waals surface area contributed by atoms with Crippen molar-refractivity contribution in [2.45, 2.75) is 33.4 Å². The van der Waals surface area contributed by atoms with Crippen molar-refractivity contribution in [2.24, 2.45) is 5.73 Å². The van der Waals surface area contributed by atoms with Gasteiger partial charge in [0, 0.05) is 19.1 Å². The minimum absolute atomic E-state index is 0.0552. The van der Waals surface area contributed by atoms with E-state index < -0.39 is 0 Å². The second-order valence-corrected chi connectivity index (χ2v) is 6.09. The number of nitrogens with two attached hydrogens (primary N) is 1. The summed E-state index contributed by atoms with van der Waals surface area (Å²) in [6, 6.07) is 15.1. The Labute approximate surface area is 128 Å². The van der Waals surface area contributed by atoms with Crippen LogP contribution in [0.1, 0.15) is 33.9 Å². The van der Waals surface area contributed by atoms with E-state index in [0.717, 1.165) is 13.1 Å². The van der Waals surface area contributed by atoms with E-state index in [2.05, 4.69) is 75.2 Å². The number of rotatable bonds is 5. The molecule has 0 amide bonds. The number of benzene rings is 2. The molecule has 0 heterocycles. The zero-order valence-electron chi connectivity index (χ0n) is 13.6. The largest absolute Gasteiger partial charge is 0.323 e. The average Bonchev–Trinajstić information content (AvgIpc) is 2.41. The second kappa shape index (κ2) is 6.88. The van der Waals surface area contributed by atoms with Crippen molar-refractivity contribution in [2.75, 3.05) is 13.6 Å². The lowest BCUT2D eigenvalue weighted by Gasteiger charge is -2.23. The molecule has 0 bridgehead atoms. The Morgan fingerprint density at radius 1 is 1.00 bits per heavy atom. The Hall–Kier alpha value is -1.64. The normalized spacial score (nSPS) is 12.7. The van der Waals surface area contributed by atoms with Crippen LogP contribution in [0.3, 0.4) is 0 Å². The second-order valence-electron chi connectivity index (χ2n) is 6.09. The molecule has 0 aromatic heterocycles. The molecule has 0 spiro atoms. The first-order valence-corrected chi connectivity index (χ1v) is 7.53.